The average molecular weight is 250 g/mol. The third kappa shape index (κ3) is 7.24. The van der Waals surface area contributed by atoms with Crippen molar-refractivity contribution in [3.63, 3.8) is 0 Å². The van der Waals surface area contributed by atoms with Crippen LogP contribution in [0.3, 0.4) is 0 Å². The van der Waals surface area contributed by atoms with Gasteiger partial charge in [-0.1, -0.05) is 43.5 Å². The molecule has 1 atom stereocenters. The number of carbonyl (C=O) groups is 1. The number of ether oxygens (including phenoxy) is 1. The predicted octanol–water partition coefficient (Wildman–Crippen LogP) is 2.87. The van der Waals surface area contributed by atoms with Crippen molar-refractivity contribution in [1.29, 1.82) is 0 Å². The first-order valence-electron chi connectivity index (χ1n) is 5.29. The number of benzene rings is 1. The number of carboxylic acid groups (broad SMARTS) is 1. The van der Waals surface area contributed by atoms with Gasteiger partial charge in [0.1, 0.15) is 0 Å². The molecule has 4 nitrogen and oxygen atoms in total. The fourth-order valence-electron chi connectivity index (χ4n) is 1.08. The lowest BCUT2D eigenvalue weighted by Gasteiger charge is -2.03. The van der Waals surface area contributed by atoms with Crippen LogP contribution in [0.5, 0.6) is 0 Å². The number of allylic oxidation sites excluding steroid dienone is 2. The van der Waals surface area contributed by atoms with Gasteiger partial charge in [-0.25, -0.2) is 4.79 Å². The van der Waals surface area contributed by atoms with Crippen molar-refractivity contribution in [2.45, 2.75) is 20.0 Å². The number of aliphatic hydroxyl groups is 1. The fraction of sp³-hybridized carbons (Fsp3) is 0.214. The molecular weight excluding hydrogens is 232 g/mol. The molecule has 0 spiro atoms. The molecule has 0 bridgehead atoms. The number of aliphatic hydroxyl groups excluding tert-OH is 1. The highest BCUT2D eigenvalue weighted by Gasteiger charge is 2.14. The normalized spacial score (nSPS) is 10.6. The van der Waals surface area contributed by atoms with E-state index in [1.807, 2.05) is 0 Å². The molecule has 2 N–H and O–H groups in total. The zero-order chi connectivity index (χ0) is 14.1. The van der Waals surface area contributed by atoms with Crippen molar-refractivity contribution in [2.75, 3.05) is 0 Å². The van der Waals surface area contributed by atoms with E-state index >= 15 is 0 Å². The molecule has 1 unspecified atom stereocenters. The number of hydrogen-bond donors (Lipinski definition) is 2. The first kappa shape index (κ1) is 15.9. The van der Waals surface area contributed by atoms with Crippen LogP contribution in [0.15, 0.2) is 55.0 Å². The van der Waals surface area contributed by atoms with Crippen LogP contribution in [0.1, 0.15) is 25.5 Å². The second-order valence-corrected chi connectivity index (χ2v) is 3.66. The van der Waals surface area contributed by atoms with Crippen molar-refractivity contribution in [1.82, 2.24) is 0 Å². The molecular formula is C14H18O4. The van der Waals surface area contributed by atoms with Crippen LogP contribution < -0.4 is 0 Å². The van der Waals surface area contributed by atoms with Gasteiger partial charge in [0.25, 0.3) is 0 Å². The van der Waals surface area contributed by atoms with Gasteiger partial charge in [0.05, 0.1) is 11.5 Å². The predicted molar refractivity (Wildman–Crippen MR) is 69.8 cm³/mol. The Morgan fingerprint density at radius 3 is 1.89 bits per heavy atom. The lowest BCUT2D eigenvalue weighted by atomic mass is 10.1. The van der Waals surface area contributed by atoms with Gasteiger partial charge in [-0.15, -0.1) is 0 Å². The highest BCUT2D eigenvalue weighted by molar-refractivity contribution is 5.73. The monoisotopic (exact) mass is 250 g/mol. The van der Waals surface area contributed by atoms with Gasteiger partial charge in [0, 0.05) is 0 Å². The first-order valence-corrected chi connectivity index (χ1v) is 5.29. The SMILES string of the molecule is C=C(C)OC(=C)C.O=C(O)C(O)c1ccccc1. The Bertz CT molecular complexity index is 397. The highest BCUT2D eigenvalue weighted by atomic mass is 16.5. The maximum atomic E-state index is 10.2. The summed E-state index contributed by atoms with van der Waals surface area (Å²) < 4.78 is 4.86. The van der Waals surface area contributed by atoms with Crippen molar-refractivity contribution < 1.29 is 19.7 Å². The molecule has 18 heavy (non-hydrogen) atoms. The van der Waals surface area contributed by atoms with E-state index in [2.05, 4.69) is 13.2 Å². The van der Waals surface area contributed by atoms with Gasteiger partial charge in [-0.05, 0) is 19.4 Å². The maximum absolute atomic E-state index is 10.2. The molecule has 4 heteroatoms. The van der Waals surface area contributed by atoms with Crippen molar-refractivity contribution >= 4 is 5.97 Å². The van der Waals surface area contributed by atoms with E-state index in [9.17, 15) is 4.79 Å². The first-order chi connectivity index (χ1) is 8.34. The summed E-state index contributed by atoms with van der Waals surface area (Å²) in [5, 5.41) is 17.4. The van der Waals surface area contributed by atoms with E-state index in [0.717, 1.165) is 0 Å². The minimum Gasteiger partial charge on any atom is -0.479 e. The minimum absolute atomic E-state index is 0.403. The number of rotatable bonds is 4. The number of carboxylic acids is 1. The molecule has 0 aliphatic carbocycles. The van der Waals surface area contributed by atoms with E-state index < -0.39 is 12.1 Å². The third-order valence-corrected chi connectivity index (χ3v) is 1.70. The summed E-state index contributed by atoms with van der Waals surface area (Å²) in [6, 6.07) is 8.26. The Morgan fingerprint density at radius 1 is 1.17 bits per heavy atom. The van der Waals surface area contributed by atoms with Gasteiger partial charge >= 0.3 is 5.97 Å². The number of aliphatic carboxylic acids is 1. The molecule has 0 saturated heterocycles. The van der Waals surface area contributed by atoms with Crippen LogP contribution in [-0.4, -0.2) is 16.2 Å². The Balaban J connectivity index is 0.000000360. The summed E-state index contributed by atoms with van der Waals surface area (Å²) in [5.74, 6) is 0.149. The molecule has 0 heterocycles. The third-order valence-electron chi connectivity index (χ3n) is 1.70. The molecule has 0 aliphatic heterocycles. The summed E-state index contributed by atoms with van der Waals surface area (Å²) in [6.45, 7) is 10.6. The second kappa shape index (κ2) is 8.08. The van der Waals surface area contributed by atoms with E-state index in [-0.39, 0.29) is 0 Å². The van der Waals surface area contributed by atoms with Crippen molar-refractivity contribution in [3.05, 3.63) is 60.6 Å². The van der Waals surface area contributed by atoms with Crippen LogP contribution in [0.2, 0.25) is 0 Å². The summed E-state index contributed by atoms with van der Waals surface area (Å²) in [7, 11) is 0. The Morgan fingerprint density at radius 2 is 1.61 bits per heavy atom. The van der Waals surface area contributed by atoms with E-state index in [1.54, 1.807) is 44.2 Å². The molecule has 0 aromatic heterocycles. The lowest BCUT2D eigenvalue weighted by Crippen LogP contribution is -2.09. The molecule has 1 aromatic carbocycles. The summed E-state index contributed by atoms with van der Waals surface area (Å²) in [6.07, 6.45) is -1.41. The Kier molecular flexibility index (Phi) is 7.15. The summed E-state index contributed by atoms with van der Waals surface area (Å²) in [5.41, 5.74) is 0.403. The zero-order valence-corrected chi connectivity index (χ0v) is 10.6. The fourth-order valence-corrected chi connectivity index (χ4v) is 1.08. The molecule has 1 rings (SSSR count). The molecule has 0 radical (unpaired) electrons. The van der Waals surface area contributed by atoms with Crippen molar-refractivity contribution in [3.8, 4) is 0 Å². The smallest absolute Gasteiger partial charge is 0.337 e. The topological polar surface area (TPSA) is 66.8 Å². The largest absolute Gasteiger partial charge is 0.479 e. The van der Waals surface area contributed by atoms with Gasteiger partial charge in [-0.2, -0.15) is 0 Å². The molecule has 0 fully saturated rings. The molecule has 0 aliphatic rings. The van der Waals surface area contributed by atoms with Crippen LogP contribution in [0.4, 0.5) is 0 Å². The summed E-state index contributed by atoms with van der Waals surface area (Å²) in [4.78, 5) is 10.2. The number of hydrogen-bond acceptors (Lipinski definition) is 3. The molecule has 98 valence electrons. The summed E-state index contributed by atoms with van der Waals surface area (Å²) >= 11 is 0. The average Bonchev–Trinajstić information content (AvgIpc) is 2.28. The van der Waals surface area contributed by atoms with Crippen LogP contribution in [0, 0.1) is 0 Å². The highest BCUT2D eigenvalue weighted by Crippen LogP contribution is 2.10. The minimum atomic E-state index is -1.41. The van der Waals surface area contributed by atoms with E-state index in [0.29, 0.717) is 17.1 Å². The zero-order valence-electron chi connectivity index (χ0n) is 10.6. The van der Waals surface area contributed by atoms with Crippen LogP contribution in [0.25, 0.3) is 0 Å². The van der Waals surface area contributed by atoms with Gasteiger partial charge in [-0.3, -0.25) is 0 Å². The lowest BCUT2D eigenvalue weighted by molar-refractivity contribution is -0.146. The molecule has 0 amide bonds. The van der Waals surface area contributed by atoms with Gasteiger partial charge in [0.2, 0.25) is 0 Å². The second-order valence-electron chi connectivity index (χ2n) is 3.66. The van der Waals surface area contributed by atoms with Crippen LogP contribution >= 0.6 is 0 Å². The van der Waals surface area contributed by atoms with E-state index in [4.69, 9.17) is 14.9 Å². The van der Waals surface area contributed by atoms with Gasteiger partial charge < -0.3 is 14.9 Å². The van der Waals surface area contributed by atoms with Gasteiger partial charge in [0.15, 0.2) is 6.10 Å². The quantitative estimate of drug-likeness (QED) is 0.806. The molecule has 0 saturated carbocycles. The van der Waals surface area contributed by atoms with E-state index in [1.165, 1.54) is 0 Å². The van der Waals surface area contributed by atoms with Crippen LogP contribution in [-0.2, 0) is 9.53 Å². The standard InChI is InChI=1S/C8H8O3.C6H10O/c9-7(8(10)11)6-4-2-1-3-5-6;1-5(2)7-6(3)4/h1-5,7,9H,(H,10,11);1,3H2,2,4H3. The molecule has 1 aromatic rings. The maximum Gasteiger partial charge on any atom is 0.337 e. The van der Waals surface area contributed by atoms with Crippen molar-refractivity contribution in [2.24, 2.45) is 0 Å². The Hall–Kier alpha value is -2.07. The Labute approximate surface area is 107 Å².